The van der Waals surface area contributed by atoms with Crippen molar-refractivity contribution in [2.75, 3.05) is 25.1 Å². The molecule has 1 aliphatic rings. The predicted octanol–water partition coefficient (Wildman–Crippen LogP) is 2.64. The number of amides is 2. The summed E-state index contributed by atoms with van der Waals surface area (Å²) in [6.07, 6.45) is 4.90. The molecule has 1 aliphatic heterocycles. The third-order valence-corrected chi connectivity index (χ3v) is 4.20. The summed E-state index contributed by atoms with van der Waals surface area (Å²) in [6, 6.07) is 8.61. The first-order chi connectivity index (χ1) is 13.2. The lowest BCUT2D eigenvalue weighted by Gasteiger charge is -2.11. The molecule has 3 rings (SSSR count). The van der Waals surface area contributed by atoms with Crippen LogP contribution in [-0.2, 0) is 4.74 Å². The minimum Gasteiger partial charge on any atom is -0.494 e. The van der Waals surface area contributed by atoms with Crippen LogP contribution in [0.2, 0.25) is 0 Å². The van der Waals surface area contributed by atoms with Gasteiger partial charge >= 0.3 is 0 Å². The summed E-state index contributed by atoms with van der Waals surface area (Å²) in [7, 11) is 0. The fourth-order valence-electron chi connectivity index (χ4n) is 2.81. The molecule has 1 aromatic carbocycles. The van der Waals surface area contributed by atoms with E-state index >= 15 is 0 Å². The van der Waals surface area contributed by atoms with Crippen molar-refractivity contribution < 1.29 is 19.1 Å². The van der Waals surface area contributed by atoms with E-state index in [0.717, 1.165) is 25.2 Å². The van der Waals surface area contributed by atoms with E-state index < -0.39 is 0 Å². The monoisotopic (exact) mass is 369 g/mol. The molecule has 142 valence electrons. The van der Waals surface area contributed by atoms with Gasteiger partial charge in [-0.05, 0) is 50.1 Å². The Kier molecular flexibility index (Phi) is 6.38. The standard InChI is InChI=1S/C20H23N3O4/c1-2-26-17-7-5-16(6-8-17)23-20(25)15-10-14(11-21-12-15)19(24)22-13-18-4-3-9-27-18/h5-8,10-12,18H,2-4,9,13H2,1H3,(H,22,24)(H,23,25). The SMILES string of the molecule is CCOc1ccc(NC(=O)c2cncc(C(=O)NCC3CCCO3)c2)cc1. The van der Waals surface area contributed by atoms with Crippen LogP contribution >= 0.6 is 0 Å². The van der Waals surface area contributed by atoms with Crippen LogP contribution in [0.15, 0.2) is 42.7 Å². The lowest BCUT2D eigenvalue weighted by molar-refractivity contribution is 0.0857. The number of anilines is 1. The van der Waals surface area contributed by atoms with Crippen LogP contribution in [0.25, 0.3) is 0 Å². The smallest absolute Gasteiger partial charge is 0.257 e. The fourth-order valence-corrected chi connectivity index (χ4v) is 2.81. The minimum absolute atomic E-state index is 0.0630. The van der Waals surface area contributed by atoms with Gasteiger partial charge in [0, 0.05) is 31.2 Å². The Morgan fingerprint density at radius 3 is 2.59 bits per heavy atom. The van der Waals surface area contributed by atoms with Gasteiger partial charge in [-0.1, -0.05) is 0 Å². The number of carbonyl (C=O) groups is 2. The Morgan fingerprint density at radius 1 is 1.19 bits per heavy atom. The van der Waals surface area contributed by atoms with Crippen molar-refractivity contribution >= 4 is 17.5 Å². The summed E-state index contributed by atoms with van der Waals surface area (Å²) in [5.74, 6) is 0.135. The molecule has 0 radical (unpaired) electrons. The number of carbonyl (C=O) groups excluding carboxylic acids is 2. The molecule has 27 heavy (non-hydrogen) atoms. The van der Waals surface area contributed by atoms with Gasteiger partial charge in [-0.3, -0.25) is 14.6 Å². The lowest BCUT2D eigenvalue weighted by atomic mass is 10.1. The first-order valence-electron chi connectivity index (χ1n) is 9.05. The number of rotatable bonds is 7. The van der Waals surface area contributed by atoms with E-state index in [1.807, 2.05) is 6.92 Å². The Morgan fingerprint density at radius 2 is 1.93 bits per heavy atom. The fraction of sp³-hybridized carbons (Fsp3) is 0.350. The Hall–Kier alpha value is -2.93. The zero-order valence-corrected chi connectivity index (χ0v) is 15.2. The summed E-state index contributed by atoms with van der Waals surface area (Å²) in [5.41, 5.74) is 1.29. The van der Waals surface area contributed by atoms with E-state index in [2.05, 4.69) is 15.6 Å². The Bertz CT molecular complexity index is 786. The van der Waals surface area contributed by atoms with E-state index in [9.17, 15) is 9.59 Å². The molecule has 7 heteroatoms. The third kappa shape index (κ3) is 5.27. The summed E-state index contributed by atoms with van der Waals surface area (Å²) in [4.78, 5) is 28.7. The van der Waals surface area contributed by atoms with E-state index in [4.69, 9.17) is 9.47 Å². The average molecular weight is 369 g/mol. The molecule has 7 nitrogen and oxygen atoms in total. The minimum atomic E-state index is -0.333. The number of pyridine rings is 1. The van der Waals surface area contributed by atoms with Gasteiger partial charge in [0.15, 0.2) is 0 Å². The summed E-state index contributed by atoms with van der Waals surface area (Å²) in [5, 5.41) is 5.61. The van der Waals surface area contributed by atoms with Gasteiger partial charge in [0.1, 0.15) is 5.75 Å². The van der Waals surface area contributed by atoms with Crippen molar-refractivity contribution in [1.29, 1.82) is 0 Å². The van der Waals surface area contributed by atoms with Gasteiger partial charge in [-0.15, -0.1) is 0 Å². The molecule has 0 bridgehead atoms. The number of aromatic nitrogens is 1. The summed E-state index contributed by atoms with van der Waals surface area (Å²) < 4.78 is 10.9. The van der Waals surface area contributed by atoms with Crippen LogP contribution in [-0.4, -0.2) is 42.7 Å². The van der Waals surface area contributed by atoms with Crippen molar-refractivity contribution in [1.82, 2.24) is 10.3 Å². The molecule has 0 aliphatic carbocycles. The molecule has 2 heterocycles. The molecular formula is C20H23N3O4. The maximum absolute atomic E-state index is 12.4. The number of ether oxygens (including phenoxy) is 2. The number of hydrogen-bond acceptors (Lipinski definition) is 5. The third-order valence-electron chi connectivity index (χ3n) is 4.20. The number of benzene rings is 1. The van der Waals surface area contributed by atoms with Gasteiger partial charge in [-0.2, -0.15) is 0 Å². The van der Waals surface area contributed by atoms with Crippen LogP contribution in [0.5, 0.6) is 5.75 Å². The van der Waals surface area contributed by atoms with Crippen LogP contribution in [0.1, 0.15) is 40.5 Å². The first kappa shape index (κ1) is 18.8. The van der Waals surface area contributed by atoms with Crippen LogP contribution in [0, 0.1) is 0 Å². The molecule has 2 N–H and O–H groups in total. The number of hydrogen-bond donors (Lipinski definition) is 2. The Balaban J connectivity index is 1.59. The molecule has 0 spiro atoms. The van der Waals surface area contributed by atoms with E-state index in [1.165, 1.54) is 18.5 Å². The molecule has 0 saturated carbocycles. The zero-order chi connectivity index (χ0) is 19.1. The normalized spacial score (nSPS) is 16.0. The van der Waals surface area contributed by atoms with Crippen LogP contribution in [0.4, 0.5) is 5.69 Å². The van der Waals surface area contributed by atoms with Crippen molar-refractivity contribution in [3.8, 4) is 5.75 Å². The van der Waals surface area contributed by atoms with E-state index in [-0.39, 0.29) is 17.9 Å². The van der Waals surface area contributed by atoms with E-state index in [0.29, 0.717) is 30.0 Å². The second-order valence-electron chi connectivity index (χ2n) is 6.22. The zero-order valence-electron chi connectivity index (χ0n) is 15.2. The quantitative estimate of drug-likeness (QED) is 0.783. The molecular weight excluding hydrogens is 346 g/mol. The van der Waals surface area contributed by atoms with Crippen LogP contribution < -0.4 is 15.4 Å². The highest BCUT2D eigenvalue weighted by atomic mass is 16.5. The van der Waals surface area contributed by atoms with E-state index in [1.54, 1.807) is 24.3 Å². The van der Waals surface area contributed by atoms with Gasteiger partial charge in [-0.25, -0.2) is 0 Å². The number of nitrogens with zero attached hydrogens (tertiary/aromatic N) is 1. The highest BCUT2D eigenvalue weighted by Gasteiger charge is 2.17. The topological polar surface area (TPSA) is 89.5 Å². The summed E-state index contributed by atoms with van der Waals surface area (Å²) >= 11 is 0. The van der Waals surface area contributed by atoms with Crippen molar-refractivity contribution in [2.24, 2.45) is 0 Å². The Labute approximate surface area is 158 Å². The van der Waals surface area contributed by atoms with Gasteiger partial charge < -0.3 is 20.1 Å². The lowest BCUT2D eigenvalue weighted by Crippen LogP contribution is -2.32. The maximum atomic E-state index is 12.4. The maximum Gasteiger partial charge on any atom is 0.257 e. The van der Waals surface area contributed by atoms with Gasteiger partial charge in [0.25, 0.3) is 11.8 Å². The van der Waals surface area contributed by atoms with Crippen molar-refractivity contribution in [3.05, 3.63) is 53.9 Å². The highest BCUT2D eigenvalue weighted by molar-refractivity contribution is 6.05. The molecule has 1 atom stereocenters. The van der Waals surface area contributed by atoms with Crippen molar-refractivity contribution in [3.63, 3.8) is 0 Å². The molecule has 1 unspecified atom stereocenters. The van der Waals surface area contributed by atoms with Gasteiger partial charge in [0.05, 0.1) is 23.8 Å². The second-order valence-corrected chi connectivity index (χ2v) is 6.22. The number of nitrogens with one attached hydrogen (secondary N) is 2. The predicted molar refractivity (Wildman–Crippen MR) is 101 cm³/mol. The second kappa shape index (κ2) is 9.14. The average Bonchev–Trinajstić information content (AvgIpc) is 3.21. The summed E-state index contributed by atoms with van der Waals surface area (Å²) in [6.45, 7) is 3.69. The molecule has 2 aromatic rings. The molecule has 1 saturated heterocycles. The van der Waals surface area contributed by atoms with Crippen molar-refractivity contribution in [2.45, 2.75) is 25.9 Å². The highest BCUT2D eigenvalue weighted by Crippen LogP contribution is 2.17. The first-order valence-corrected chi connectivity index (χ1v) is 9.05. The molecule has 2 amide bonds. The van der Waals surface area contributed by atoms with Crippen LogP contribution in [0.3, 0.4) is 0 Å². The molecule has 1 aromatic heterocycles. The largest absolute Gasteiger partial charge is 0.494 e. The van der Waals surface area contributed by atoms with Gasteiger partial charge in [0.2, 0.25) is 0 Å². The molecule has 1 fully saturated rings.